The maximum absolute atomic E-state index is 5.82. The van der Waals surface area contributed by atoms with E-state index in [4.69, 9.17) is 21.1 Å². The third-order valence-corrected chi connectivity index (χ3v) is 2.93. The van der Waals surface area contributed by atoms with Crippen LogP contribution in [0.15, 0.2) is 12.3 Å². The summed E-state index contributed by atoms with van der Waals surface area (Å²) in [5, 5.41) is 0.463. The third kappa shape index (κ3) is 3.09. The van der Waals surface area contributed by atoms with E-state index < -0.39 is 0 Å². The van der Waals surface area contributed by atoms with Crippen LogP contribution in [-0.4, -0.2) is 24.3 Å². The second kappa shape index (κ2) is 5.51. The van der Waals surface area contributed by atoms with Crippen LogP contribution in [0.5, 0.6) is 5.75 Å². The van der Waals surface area contributed by atoms with Crippen LogP contribution in [0.1, 0.15) is 24.8 Å². The van der Waals surface area contributed by atoms with Crippen molar-refractivity contribution in [3.8, 4) is 5.75 Å². The van der Waals surface area contributed by atoms with Gasteiger partial charge in [0.2, 0.25) is 0 Å². The van der Waals surface area contributed by atoms with E-state index in [-0.39, 0.29) is 6.10 Å². The first kappa shape index (κ1) is 11.7. The molecule has 1 saturated heterocycles. The zero-order valence-electron chi connectivity index (χ0n) is 9.41. The monoisotopic (exact) mass is 241 g/mol. The van der Waals surface area contributed by atoms with Crippen molar-refractivity contribution in [2.24, 2.45) is 0 Å². The van der Waals surface area contributed by atoms with Gasteiger partial charge in [0, 0.05) is 24.4 Å². The summed E-state index contributed by atoms with van der Waals surface area (Å²) >= 11 is 5.82. The van der Waals surface area contributed by atoms with Crippen LogP contribution in [0.2, 0.25) is 5.15 Å². The Hall–Kier alpha value is -0.800. The summed E-state index contributed by atoms with van der Waals surface area (Å²) in [6, 6.07) is 1.75. The lowest BCUT2D eigenvalue weighted by Crippen LogP contribution is -2.25. The summed E-state index contributed by atoms with van der Waals surface area (Å²) in [4.78, 5) is 3.99. The Labute approximate surface area is 101 Å². The van der Waals surface area contributed by atoms with Gasteiger partial charge < -0.3 is 9.47 Å². The molecule has 1 unspecified atom stereocenters. The van der Waals surface area contributed by atoms with E-state index in [1.807, 2.05) is 6.92 Å². The van der Waals surface area contributed by atoms with Gasteiger partial charge in [0.25, 0.3) is 0 Å². The molecule has 0 spiro atoms. The lowest BCUT2D eigenvalue weighted by atomic mass is 10.1. The third-order valence-electron chi connectivity index (χ3n) is 2.72. The first-order valence-electron chi connectivity index (χ1n) is 5.62. The summed E-state index contributed by atoms with van der Waals surface area (Å²) in [6.07, 6.45) is 5.41. The highest BCUT2D eigenvalue weighted by molar-refractivity contribution is 6.29. The van der Waals surface area contributed by atoms with E-state index in [2.05, 4.69) is 4.98 Å². The van der Waals surface area contributed by atoms with Crippen molar-refractivity contribution in [2.75, 3.05) is 13.2 Å². The fraction of sp³-hybridized carbons (Fsp3) is 0.583. The minimum atomic E-state index is 0.222. The maximum Gasteiger partial charge on any atom is 0.132 e. The van der Waals surface area contributed by atoms with Crippen molar-refractivity contribution < 1.29 is 9.47 Å². The van der Waals surface area contributed by atoms with Crippen LogP contribution < -0.4 is 4.74 Å². The van der Waals surface area contributed by atoms with Gasteiger partial charge in [-0.15, -0.1) is 0 Å². The van der Waals surface area contributed by atoms with E-state index in [0.29, 0.717) is 11.8 Å². The molecule has 0 radical (unpaired) electrons. The van der Waals surface area contributed by atoms with Gasteiger partial charge in [0.1, 0.15) is 17.5 Å². The number of rotatable bonds is 3. The fourth-order valence-electron chi connectivity index (χ4n) is 1.76. The predicted molar refractivity (Wildman–Crippen MR) is 63.1 cm³/mol. The molecule has 1 fully saturated rings. The Bertz CT molecular complexity index is 351. The molecule has 1 aliphatic heterocycles. The molecule has 0 saturated carbocycles. The van der Waals surface area contributed by atoms with Gasteiger partial charge in [0.15, 0.2) is 0 Å². The first-order chi connectivity index (χ1) is 7.75. The molecule has 2 heterocycles. The lowest BCUT2D eigenvalue weighted by Gasteiger charge is -2.23. The summed E-state index contributed by atoms with van der Waals surface area (Å²) in [6.45, 7) is 3.41. The quantitative estimate of drug-likeness (QED) is 0.763. The van der Waals surface area contributed by atoms with E-state index in [9.17, 15) is 0 Å². The number of hydrogen-bond donors (Lipinski definition) is 0. The fourth-order valence-corrected chi connectivity index (χ4v) is 1.91. The molecule has 1 atom stereocenters. The van der Waals surface area contributed by atoms with Gasteiger partial charge in [-0.1, -0.05) is 11.6 Å². The molecule has 0 N–H and O–H groups in total. The number of halogens is 1. The largest absolute Gasteiger partial charge is 0.490 e. The predicted octanol–water partition coefficient (Wildman–Crippen LogP) is 2.99. The van der Waals surface area contributed by atoms with Crippen LogP contribution in [0.25, 0.3) is 0 Å². The number of aryl methyl sites for hydroxylation is 1. The minimum absolute atomic E-state index is 0.222. The van der Waals surface area contributed by atoms with Crippen LogP contribution in [0.4, 0.5) is 0 Å². The summed E-state index contributed by atoms with van der Waals surface area (Å²) in [7, 11) is 0. The average Bonchev–Trinajstić information content (AvgIpc) is 2.32. The Kier molecular flexibility index (Phi) is 4.02. The summed E-state index contributed by atoms with van der Waals surface area (Å²) in [5.74, 6) is 0.800. The zero-order chi connectivity index (χ0) is 11.4. The number of pyridine rings is 1. The Morgan fingerprint density at radius 3 is 3.19 bits per heavy atom. The molecule has 0 aliphatic carbocycles. The zero-order valence-corrected chi connectivity index (χ0v) is 10.2. The van der Waals surface area contributed by atoms with Crippen LogP contribution >= 0.6 is 11.6 Å². The van der Waals surface area contributed by atoms with Crippen molar-refractivity contribution in [1.82, 2.24) is 4.98 Å². The van der Waals surface area contributed by atoms with Crippen molar-refractivity contribution in [3.05, 3.63) is 23.0 Å². The lowest BCUT2D eigenvalue weighted by molar-refractivity contribution is -0.0112. The highest BCUT2D eigenvalue weighted by Gasteiger charge is 2.14. The van der Waals surface area contributed by atoms with Gasteiger partial charge in [-0.2, -0.15) is 0 Å². The van der Waals surface area contributed by atoms with Crippen molar-refractivity contribution >= 4 is 11.6 Å². The Morgan fingerprint density at radius 2 is 2.44 bits per heavy atom. The van der Waals surface area contributed by atoms with Gasteiger partial charge in [-0.3, -0.25) is 0 Å². The first-order valence-corrected chi connectivity index (χ1v) is 6.00. The van der Waals surface area contributed by atoms with Gasteiger partial charge >= 0.3 is 0 Å². The highest BCUT2D eigenvalue weighted by atomic mass is 35.5. The maximum atomic E-state index is 5.82. The second-order valence-corrected chi connectivity index (χ2v) is 4.46. The van der Waals surface area contributed by atoms with Crippen molar-refractivity contribution in [3.63, 3.8) is 0 Å². The molecular weight excluding hydrogens is 226 g/mol. The molecule has 1 aromatic heterocycles. The summed E-state index contributed by atoms with van der Waals surface area (Å²) < 4.78 is 11.3. The standard InChI is InChI=1S/C12H16ClNO2/c1-9-7-14-12(13)6-11(9)16-8-10-4-2-3-5-15-10/h6-7,10H,2-5,8H2,1H3. The van der Waals surface area contributed by atoms with Gasteiger partial charge in [-0.05, 0) is 26.2 Å². The average molecular weight is 242 g/mol. The topological polar surface area (TPSA) is 31.4 Å². The van der Waals surface area contributed by atoms with Crippen LogP contribution in [0, 0.1) is 6.92 Å². The summed E-state index contributed by atoms with van der Waals surface area (Å²) in [5.41, 5.74) is 1.00. The van der Waals surface area contributed by atoms with Crippen LogP contribution in [-0.2, 0) is 4.74 Å². The number of hydrogen-bond acceptors (Lipinski definition) is 3. The molecule has 1 aliphatic rings. The highest BCUT2D eigenvalue weighted by Crippen LogP contribution is 2.21. The van der Waals surface area contributed by atoms with Crippen LogP contribution in [0.3, 0.4) is 0 Å². The van der Waals surface area contributed by atoms with E-state index >= 15 is 0 Å². The Morgan fingerprint density at radius 1 is 1.56 bits per heavy atom. The van der Waals surface area contributed by atoms with Crippen molar-refractivity contribution in [1.29, 1.82) is 0 Å². The molecule has 88 valence electrons. The Balaban J connectivity index is 1.90. The molecule has 3 nitrogen and oxygen atoms in total. The van der Waals surface area contributed by atoms with Crippen molar-refractivity contribution in [2.45, 2.75) is 32.3 Å². The molecule has 2 rings (SSSR count). The molecule has 0 bridgehead atoms. The van der Waals surface area contributed by atoms with E-state index in [0.717, 1.165) is 30.8 Å². The van der Waals surface area contributed by atoms with Gasteiger partial charge in [-0.25, -0.2) is 4.98 Å². The molecular formula is C12H16ClNO2. The van der Waals surface area contributed by atoms with Gasteiger partial charge in [0.05, 0.1) is 6.10 Å². The van der Waals surface area contributed by atoms with E-state index in [1.54, 1.807) is 12.3 Å². The molecule has 16 heavy (non-hydrogen) atoms. The second-order valence-electron chi connectivity index (χ2n) is 4.07. The molecule has 4 heteroatoms. The normalized spacial score (nSPS) is 20.8. The number of aromatic nitrogens is 1. The molecule has 0 aromatic carbocycles. The number of nitrogens with zero attached hydrogens (tertiary/aromatic N) is 1. The molecule has 1 aromatic rings. The number of ether oxygens (including phenoxy) is 2. The minimum Gasteiger partial charge on any atom is -0.490 e. The smallest absolute Gasteiger partial charge is 0.132 e. The SMILES string of the molecule is Cc1cnc(Cl)cc1OCC1CCCCO1. The van der Waals surface area contributed by atoms with E-state index in [1.165, 1.54) is 6.42 Å². The molecule has 0 amide bonds.